The summed E-state index contributed by atoms with van der Waals surface area (Å²) >= 11 is 2.65. The highest BCUT2D eigenvalue weighted by Gasteiger charge is 2.14. The molecule has 0 saturated carbocycles. The molecule has 28 heavy (non-hydrogen) atoms. The second kappa shape index (κ2) is 7.91. The highest BCUT2D eigenvalue weighted by Crippen LogP contribution is 2.26. The van der Waals surface area contributed by atoms with Crippen molar-refractivity contribution in [1.29, 1.82) is 0 Å². The number of halogens is 1. The number of carbonyl (C=O) groups is 1. The molecule has 1 aromatic carbocycles. The number of anilines is 1. The quantitative estimate of drug-likeness (QED) is 0.502. The molecule has 3 heterocycles. The van der Waals surface area contributed by atoms with Gasteiger partial charge in [-0.1, -0.05) is 12.1 Å². The standard InChI is InChI=1S/C19H15FN4O2S2/c1-24-15(6-7-21-24)14-11-28-19(22-14)23-18(25)17-8-12(10-27-17)9-26-16-5-3-2-4-13(16)20/h2-8,10-11H,9H2,1H3,(H,22,23,25). The third-order valence-electron chi connectivity index (χ3n) is 3.92. The SMILES string of the molecule is Cn1nccc1-c1csc(NC(=O)c2cc(COc3ccccc3F)cs2)n1. The Labute approximate surface area is 168 Å². The number of rotatable bonds is 6. The van der Waals surface area contributed by atoms with E-state index < -0.39 is 5.82 Å². The molecule has 1 N–H and O–H groups in total. The van der Waals surface area contributed by atoms with Crippen LogP contribution in [0.4, 0.5) is 9.52 Å². The third-order valence-corrected chi connectivity index (χ3v) is 5.65. The number of nitrogens with one attached hydrogen (secondary N) is 1. The van der Waals surface area contributed by atoms with Crippen LogP contribution in [0.15, 0.2) is 53.4 Å². The molecule has 0 spiro atoms. The van der Waals surface area contributed by atoms with Gasteiger partial charge in [0.05, 0.1) is 10.6 Å². The van der Waals surface area contributed by atoms with Crippen LogP contribution in [0.1, 0.15) is 15.2 Å². The molecule has 0 fully saturated rings. The average Bonchev–Trinajstić information content (AvgIpc) is 3.42. The molecule has 9 heteroatoms. The first-order chi connectivity index (χ1) is 13.6. The van der Waals surface area contributed by atoms with E-state index in [0.717, 1.165) is 17.0 Å². The van der Waals surface area contributed by atoms with Gasteiger partial charge in [-0.15, -0.1) is 22.7 Å². The number of ether oxygens (including phenoxy) is 1. The Balaban J connectivity index is 1.39. The van der Waals surface area contributed by atoms with Gasteiger partial charge < -0.3 is 4.74 Å². The Bertz CT molecular complexity index is 1120. The number of amides is 1. The topological polar surface area (TPSA) is 69.0 Å². The van der Waals surface area contributed by atoms with Crippen molar-refractivity contribution in [3.63, 3.8) is 0 Å². The van der Waals surface area contributed by atoms with E-state index in [1.807, 2.05) is 23.9 Å². The minimum absolute atomic E-state index is 0.185. The number of aromatic nitrogens is 3. The molecule has 0 atom stereocenters. The van der Waals surface area contributed by atoms with Crippen molar-refractivity contribution in [2.24, 2.45) is 7.05 Å². The summed E-state index contributed by atoms with van der Waals surface area (Å²) < 4.78 is 20.8. The summed E-state index contributed by atoms with van der Waals surface area (Å²) in [5.74, 6) is -0.470. The van der Waals surface area contributed by atoms with Gasteiger partial charge in [-0.25, -0.2) is 9.37 Å². The summed E-state index contributed by atoms with van der Waals surface area (Å²) in [6.45, 7) is 0.187. The molecule has 4 rings (SSSR count). The Morgan fingerprint density at radius 1 is 1.25 bits per heavy atom. The van der Waals surface area contributed by atoms with E-state index in [1.165, 1.54) is 28.7 Å². The van der Waals surface area contributed by atoms with Crippen molar-refractivity contribution in [2.45, 2.75) is 6.61 Å². The number of thiophene rings is 1. The number of nitrogens with zero attached hydrogens (tertiary/aromatic N) is 3. The van der Waals surface area contributed by atoms with E-state index in [9.17, 15) is 9.18 Å². The largest absolute Gasteiger partial charge is 0.486 e. The average molecular weight is 414 g/mol. The highest BCUT2D eigenvalue weighted by atomic mass is 32.1. The molecule has 0 radical (unpaired) electrons. The van der Waals surface area contributed by atoms with Crippen LogP contribution in [-0.2, 0) is 13.7 Å². The Hall–Kier alpha value is -3.04. The molecule has 6 nitrogen and oxygen atoms in total. The number of carbonyl (C=O) groups excluding carboxylic acids is 1. The summed E-state index contributed by atoms with van der Waals surface area (Å²) in [6, 6.07) is 9.82. The number of hydrogen-bond donors (Lipinski definition) is 1. The number of thiazole rings is 1. The minimum Gasteiger partial charge on any atom is -0.486 e. The van der Waals surface area contributed by atoms with Gasteiger partial charge >= 0.3 is 0 Å². The molecule has 4 aromatic rings. The van der Waals surface area contributed by atoms with Gasteiger partial charge in [0, 0.05) is 24.2 Å². The zero-order chi connectivity index (χ0) is 19.5. The van der Waals surface area contributed by atoms with E-state index in [-0.39, 0.29) is 18.3 Å². The van der Waals surface area contributed by atoms with Gasteiger partial charge in [-0.05, 0) is 29.6 Å². The fourth-order valence-electron chi connectivity index (χ4n) is 2.53. The number of benzene rings is 1. The lowest BCUT2D eigenvalue weighted by atomic mass is 10.3. The maximum absolute atomic E-state index is 13.6. The van der Waals surface area contributed by atoms with Gasteiger partial charge in [0.15, 0.2) is 16.7 Å². The van der Waals surface area contributed by atoms with Gasteiger partial charge in [-0.2, -0.15) is 5.10 Å². The molecular weight excluding hydrogens is 399 g/mol. The van der Waals surface area contributed by atoms with Crippen LogP contribution < -0.4 is 10.1 Å². The third kappa shape index (κ3) is 3.95. The maximum Gasteiger partial charge on any atom is 0.267 e. The molecule has 0 unspecified atom stereocenters. The fourth-order valence-corrected chi connectivity index (χ4v) is 4.02. The zero-order valence-corrected chi connectivity index (χ0v) is 16.4. The van der Waals surface area contributed by atoms with Crippen LogP contribution in [0.2, 0.25) is 0 Å². The molecular formula is C19H15FN4O2S2. The van der Waals surface area contributed by atoms with E-state index in [1.54, 1.807) is 35.1 Å². The monoisotopic (exact) mass is 414 g/mol. The Morgan fingerprint density at radius 3 is 2.89 bits per heavy atom. The molecule has 0 saturated heterocycles. The van der Waals surface area contributed by atoms with Gasteiger partial charge in [-0.3, -0.25) is 14.8 Å². The van der Waals surface area contributed by atoms with E-state index in [2.05, 4.69) is 15.4 Å². The molecule has 0 aliphatic heterocycles. The lowest BCUT2D eigenvalue weighted by Crippen LogP contribution is -2.10. The zero-order valence-electron chi connectivity index (χ0n) is 14.8. The summed E-state index contributed by atoms with van der Waals surface area (Å²) in [7, 11) is 1.84. The van der Waals surface area contributed by atoms with Crippen molar-refractivity contribution < 1.29 is 13.9 Å². The first kappa shape index (κ1) is 18.3. The number of aryl methyl sites for hydroxylation is 1. The summed E-state index contributed by atoms with van der Waals surface area (Å²) in [6.07, 6.45) is 1.70. The molecule has 0 aliphatic rings. The minimum atomic E-state index is -0.413. The Kier molecular flexibility index (Phi) is 5.18. The predicted molar refractivity (Wildman–Crippen MR) is 107 cm³/mol. The predicted octanol–water partition coefficient (Wildman–Crippen LogP) is 4.58. The van der Waals surface area contributed by atoms with Crippen molar-refractivity contribution in [2.75, 3.05) is 5.32 Å². The Morgan fingerprint density at radius 2 is 2.11 bits per heavy atom. The first-order valence-corrected chi connectivity index (χ1v) is 10.1. The number of hydrogen-bond acceptors (Lipinski definition) is 6. The second-order valence-corrected chi connectivity index (χ2v) is 7.64. The summed E-state index contributed by atoms with van der Waals surface area (Å²) in [5.41, 5.74) is 2.43. The van der Waals surface area contributed by atoms with Gasteiger partial charge in [0.2, 0.25) is 0 Å². The van der Waals surface area contributed by atoms with E-state index in [4.69, 9.17) is 4.74 Å². The lowest BCUT2D eigenvalue weighted by Gasteiger charge is -2.05. The van der Waals surface area contributed by atoms with Crippen molar-refractivity contribution >= 4 is 33.7 Å². The molecule has 1 amide bonds. The van der Waals surface area contributed by atoms with Crippen molar-refractivity contribution in [1.82, 2.24) is 14.8 Å². The molecule has 142 valence electrons. The molecule has 0 bridgehead atoms. The first-order valence-electron chi connectivity index (χ1n) is 8.30. The van der Waals surface area contributed by atoms with E-state index in [0.29, 0.717) is 10.0 Å². The molecule has 0 aliphatic carbocycles. The molecule has 3 aromatic heterocycles. The van der Waals surface area contributed by atoms with Crippen LogP contribution >= 0.6 is 22.7 Å². The summed E-state index contributed by atoms with van der Waals surface area (Å²) in [4.78, 5) is 17.4. The number of para-hydroxylation sites is 1. The summed E-state index contributed by atoms with van der Waals surface area (Å²) in [5, 5.41) is 11.1. The van der Waals surface area contributed by atoms with Crippen molar-refractivity contribution in [3.8, 4) is 17.1 Å². The van der Waals surface area contributed by atoms with E-state index >= 15 is 0 Å². The van der Waals surface area contributed by atoms with Crippen LogP contribution in [0.5, 0.6) is 5.75 Å². The highest BCUT2D eigenvalue weighted by molar-refractivity contribution is 7.14. The van der Waals surface area contributed by atoms with Crippen LogP contribution in [-0.4, -0.2) is 20.7 Å². The van der Waals surface area contributed by atoms with Crippen LogP contribution in [0.3, 0.4) is 0 Å². The maximum atomic E-state index is 13.6. The smallest absolute Gasteiger partial charge is 0.267 e. The van der Waals surface area contributed by atoms with Gasteiger partial charge in [0.1, 0.15) is 12.3 Å². The second-order valence-electron chi connectivity index (χ2n) is 5.87. The van der Waals surface area contributed by atoms with Gasteiger partial charge in [0.25, 0.3) is 5.91 Å². The fraction of sp³-hybridized carbons (Fsp3) is 0.105. The van der Waals surface area contributed by atoms with Crippen LogP contribution in [0.25, 0.3) is 11.4 Å². The lowest BCUT2D eigenvalue weighted by molar-refractivity contribution is 0.103. The van der Waals surface area contributed by atoms with Crippen LogP contribution in [0, 0.1) is 5.82 Å². The van der Waals surface area contributed by atoms with Crippen molar-refractivity contribution in [3.05, 3.63) is 69.6 Å². The normalized spacial score (nSPS) is 10.8.